The Morgan fingerprint density at radius 3 is 2.85 bits per heavy atom. The molecule has 0 amide bonds. The van der Waals surface area contributed by atoms with Gasteiger partial charge in [-0.2, -0.15) is 0 Å². The highest BCUT2D eigenvalue weighted by molar-refractivity contribution is 4.98. The quantitative estimate of drug-likeness (QED) is 0.757. The van der Waals surface area contributed by atoms with E-state index in [1.165, 1.54) is 6.42 Å². The second-order valence-electron chi connectivity index (χ2n) is 3.30. The summed E-state index contributed by atoms with van der Waals surface area (Å²) in [6.45, 7) is 4.43. The lowest BCUT2D eigenvalue weighted by Gasteiger charge is -2.17. The third kappa shape index (κ3) is 2.31. The molecule has 0 aliphatic carbocycles. The normalized spacial score (nSPS) is 13.2. The van der Waals surface area contributed by atoms with Crippen molar-refractivity contribution < 1.29 is 5.11 Å². The Hall–Kier alpha value is -0.830. The summed E-state index contributed by atoms with van der Waals surface area (Å²) in [6, 6.07) is 0.495. The first-order valence-corrected chi connectivity index (χ1v) is 4.95. The molecular weight excluding hydrogens is 164 g/mol. The van der Waals surface area contributed by atoms with Gasteiger partial charge in [0.05, 0.1) is 24.8 Å². The van der Waals surface area contributed by atoms with Gasteiger partial charge >= 0.3 is 0 Å². The SMILES string of the molecule is CCCC(CC)n1cncc1CO. The molecule has 74 valence electrons. The van der Waals surface area contributed by atoms with E-state index in [9.17, 15) is 0 Å². The molecule has 1 aromatic heterocycles. The van der Waals surface area contributed by atoms with Crippen LogP contribution in [0, 0.1) is 0 Å². The van der Waals surface area contributed by atoms with E-state index in [0.29, 0.717) is 6.04 Å². The van der Waals surface area contributed by atoms with Crippen molar-refractivity contribution in [2.24, 2.45) is 0 Å². The highest BCUT2D eigenvalue weighted by Gasteiger charge is 2.10. The van der Waals surface area contributed by atoms with Crippen LogP contribution in [0.5, 0.6) is 0 Å². The highest BCUT2D eigenvalue weighted by atomic mass is 16.3. The van der Waals surface area contributed by atoms with E-state index < -0.39 is 0 Å². The summed E-state index contributed by atoms with van der Waals surface area (Å²) in [6.07, 6.45) is 6.96. The summed E-state index contributed by atoms with van der Waals surface area (Å²) in [4.78, 5) is 4.05. The molecule has 1 unspecified atom stereocenters. The molecule has 0 radical (unpaired) electrons. The summed E-state index contributed by atoms with van der Waals surface area (Å²) < 4.78 is 2.09. The molecule has 1 atom stereocenters. The Balaban J connectivity index is 2.77. The lowest BCUT2D eigenvalue weighted by molar-refractivity contribution is 0.263. The third-order valence-corrected chi connectivity index (χ3v) is 2.39. The Bertz CT molecular complexity index is 245. The van der Waals surface area contributed by atoms with Gasteiger partial charge in [0.2, 0.25) is 0 Å². The molecule has 13 heavy (non-hydrogen) atoms. The number of aliphatic hydroxyl groups excluding tert-OH is 1. The second kappa shape index (κ2) is 5.02. The summed E-state index contributed by atoms with van der Waals surface area (Å²) in [5.74, 6) is 0. The zero-order valence-corrected chi connectivity index (χ0v) is 8.40. The van der Waals surface area contributed by atoms with E-state index in [2.05, 4.69) is 23.4 Å². The first-order valence-electron chi connectivity index (χ1n) is 4.95. The standard InChI is InChI=1S/C10H18N2O/c1-3-5-9(4-2)12-8-11-6-10(12)7-13/h6,8-9,13H,3-5,7H2,1-2H3. The van der Waals surface area contributed by atoms with Crippen LogP contribution < -0.4 is 0 Å². The Labute approximate surface area is 79.4 Å². The maximum absolute atomic E-state index is 9.06. The van der Waals surface area contributed by atoms with Crippen molar-refractivity contribution in [1.82, 2.24) is 9.55 Å². The molecule has 3 heteroatoms. The van der Waals surface area contributed by atoms with Crippen LogP contribution in [0.3, 0.4) is 0 Å². The second-order valence-corrected chi connectivity index (χ2v) is 3.30. The predicted molar refractivity (Wildman–Crippen MR) is 52.4 cm³/mol. The number of nitrogens with zero attached hydrogens (tertiary/aromatic N) is 2. The van der Waals surface area contributed by atoms with E-state index in [-0.39, 0.29) is 6.61 Å². The number of aliphatic hydroxyl groups is 1. The van der Waals surface area contributed by atoms with E-state index >= 15 is 0 Å². The van der Waals surface area contributed by atoms with Gasteiger partial charge in [-0.05, 0) is 12.8 Å². The number of hydrogen-bond acceptors (Lipinski definition) is 2. The first-order chi connectivity index (χ1) is 6.33. The number of imidazole rings is 1. The van der Waals surface area contributed by atoms with E-state index in [0.717, 1.165) is 18.5 Å². The van der Waals surface area contributed by atoms with Gasteiger partial charge < -0.3 is 9.67 Å². The van der Waals surface area contributed by atoms with Gasteiger partial charge in [0.15, 0.2) is 0 Å². The Morgan fingerprint density at radius 1 is 1.54 bits per heavy atom. The summed E-state index contributed by atoms with van der Waals surface area (Å²) in [5.41, 5.74) is 0.917. The lowest BCUT2D eigenvalue weighted by atomic mass is 10.1. The van der Waals surface area contributed by atoms with Crippen LogP contribution in [0.25, 0.3) is 0 Å². The van der Waals surface area contributed by atoms with Crippen molar-refractivity contribution in [3.8, 4) is 0 Å². The highest BCUT2D eigenvalue weighted by Crippen LogP contribution is 2.19. The molecule has 1 aromatic rings. The van der Waals surface area contributed by atoms with Crippen LogP contribution in [0.4, 0.5) is 0 Å². The van der Waals surface area contributed by atoms with Crippen LogP contribution in [0.15, 0.2) is 12.5 Å². The molecule has 1 heterocycles. The van der Waals surface area contributed by atoms with Crippen LogP contribution in [0.2, 0.25) is 0 Å². The Morgan fingerprint density at radius 2 is 2.31 bits per heavy atom. The summed E-state index contributed by atoms with van der Waals surface area (Å²) in [5, 5.41) is 9.06. The molecule has 0 spiro atoms. The molecule has 0 saturated carbocycles. The predicted octanol–water partition coefficient (Wildman–Crippen LogP) is 2.13. The van der Waals surface area contributed by atoms with E-state index in [4.69, 9.17) is 5.11 Å². The molecule has 3 nitrogen and oxygen atoms in total. The molecule has 1 rings (SSSR count). The van der Waals surface area contributed by atoms with E-state index in [1.54, 1.807) is 6.20 Å². The van der Waals surface area contributed by atoms with Gasteiger partial charge in [0.25, 0.3) is 0 Å². The zero-order chi connectivity index (χ0) is 9.68. The van der Waals surface area contributed by atoms with E-state index in [1.807, 2.05) is 6.33 Å². The zero-order valence-electron chi connectivity index (χ0n) is 8.40. The fourth-order valence-electron chi connectivity index (χ4n) is 1.66. The number of rotatable bonds is 5. The van der Waals surface area contributed by atoms with Gasteiger partial charge in [0.1, 0.15) is 0 Å². The molecule has 0 aliphatic heterocycles. The molecule has 0 aliphatic rings. The average molecular weight is 182 g/mol. The fraction of sp³-hybridized carbons (Fsp3) is 0.700. The molecule has 0 aromatic carbocycles. The minimum atomic E-state index is 0.0835. The largest absolute Gasteiger partial charge is 0.390 e. The topological polar surface area (TPSA) is 38.0 Å². The van der Waals surface area contributed by atoms with Gasteiger partial charge in [-0.3, -0.25) is 0 Å². The molecular formula is C10H18N2O. The Kier molecular flexibility index (Phi) is 3.96. The van der Waals surface area contributed by atoms with Crippen molar-refractivity contribution in [3.63, 3.8) is 0 Å². The van der Waals surface area contributed by atoms with Crippen molar-refractivity contribution in [2.75, 3.05) is 0 Å². The third-order valence-electron chi connectivity index (χ3n) is 2.39. The number of hydrogen-bond donors (Lipinski definition) is 1. The van der Waals surface area contributed by atoms with Crippen LogP contribution in [-0.4, -0.2) is 14.7 Å². The van der Waals surface area contributed by atoms with Crippen molar-refractivity contribution in [1.29, 1.82) is 0 Å². The minimum absolute atomic E-state index is 0.0835. The van der Waals surface area contributed by atoms with Crippen LogP contribution >= 0.6 is 0 Å². The monoisotopic (exact) mass is 182 g/mol. The summed E-state index contributed by atoms with van der Waals surface area (Å²) in [7, 11) is 0. The lowest BCUT2D eigenvalue weighted by Crippen LogP contribution is -2.09. The molecule has 0 bridgehead atoms. The van der Waals surface area contributed by atoms with Gasteiger partial charge in [-0.15, -0.1) is 0 Å². The van der Waals surface area contributed by atoms with Gasteiger partial charge in [-0.1, -0.05) is 20.3 Å². The smallest absolute Gasteiger partial charge is 0.0951 e. The first kappa shape index (κ1) is 10.3. The van der Waals surface area contributed by atoms with Crippen LogP contribution in [0.1, 0.15) is 44.8 Å². The average Bonchev–Trinajstić information content (AvgIpc) is 2.61. The van der Waals surface area contributed by atoms with Crippen molar-refractivity contribution in [3.05, 3.63) is 18.2 Å². The van der Waals surface area contributed by atoms with Crippen LogP contribution in [-0.2, 0) is 6.61 Å². The maximum atomic E-state index is 9.06. The summed E-state index contributed by atoms with van der Waals surface area (Å²) >= 11 is 0. The minimum Gasteiger partial charge on any atom is -0.390 e. The maximum Gasteiger partial charge on any atom is 0.0951 e. The van der Waals surface area contributed by atoms with Gasteiger partial charge in [0, 0.05) is 6.04 Å². The van der Waals surface area contributed by atoms with Crippen molar-refractivity contribution in [2.45, 2.75) is 45.8 Å². The van der Waals surface area contributed by atoms with Gasteiger partial charge in [-0.25, -0.2) is 4.98 Å². The van der Waals surface area contributed by atoms with Crippen molar-refractivity contribution >= 4 is 0 Å². The molecule has 0 saturated heterocycles. The molecule has 0 fully saturated rings. The number of aromatic nitrogens is 2. The molecule has 1 N–H and O–H groups in total. The fourth-order valence-corrected chi connectivity index (χ4v) is 1.66.